The molecule has 26 heavy (non-hydrogen) atoms. The van der Waals surface area contributed by atoms with Gasteiger partial charge in [0.25, 0.3) is 0 Å². The number of piperidine rings is 1. The summed E-state index contributed by atoms with van der Waals surface area (Å²) in [7, 11) is 1.92. The minimum Gasteiger partial charge on any atom is -0.355 e. The van der Waals surface area contributed by atoms with Gasteiger partial charge in [0.2, 0.25) is 0 Å². The number of hydrogen-bond donors (Lipinski definition) is 1. The van der Waals surface area contributed by atoms with Gasteiger partial charge in [0, 0.05) is 43.5 Å². The predicted molar refractivity (Wildman–Crippen MR) is 124 cm³/mol. The highest BCUT2D eigenvalue weighted by Crippen LogP contribution is 2.27. The second-order valence-corrected chi connectivity index (χ2v) is 9.17. The fourth-order valence-electron chi connectivity index (χ4n) is 4.06. The van der Waals surface area contributed by atoms with E-state index in [4.69, 9.17) is 0 Å². The number of likely N-dealkylation sites (tertiary alicyclic amines) is 2. The lowest BCUT2D eigenvalue weighted by Gasteiger charge is -2.30. The predicted octanol–water partition coefficient (Wildman–Crippen LogP) is 4.03. The van der Waals surface area contributed by atoms with Gasteiger partial charge in [0.15, 0.2) is 5.96 Å². The Morgan fingerprint density at radius 2 is 2.04 bits per heavy atom. The molecule has 6 heteroatoms. The van der Waals surface area contributed by atoms with Crippen molar-refractivity contribution in [2.45, 2.75) is 44.9 Å². The zero-order valence-electron chi connectivity index (χ0n) is 16.5. The fourth-order valence-corrected chi connectivity index (χ4v) is 4.92. The zero-order valence-corrected chi connectivity index (χ0v) is 19.7. The molecule has 0 amide bonds. The molecule has 0 bridgehead atoms. The smallest absolute Gasteiger partial charge is 0.193 e. The molecule has 2 fully saturated rings. The first-order valence-electron chi connectivity index (χ1n) is 9.80. The molecule has 0 saturated carbocycles. The van der Waals surface area contributed by atoms with E-state index in [1.807, 2.05) is 18.4 Å². The van der Waals surface area contributed by atoms with E-state index >= 15 is 0 Å². The summed E-state index contributed by atoms with van der Waals surface area (Å²) in [4.78, 5) is 11.1. The first-order valence-corrected chi connectivity index (χ1v) is 10.7. The summed E-state index contributed by atoms with van der Waals surface area (Å²) in [5.41, 5.74) is 0.136. The molecule has 0 aromatic carbocycles. The standard InChI is InChI=1S/C20H34N4S.HI/c1-20(2,18-8-7-13-25-18)16-22-19(21-3)24-12-9-17(15-24)14-23-10-5-4-6-11-23;/h7-8,13,17H,4-6,9-12,14-16H2,1-3H3,(H,21,22);1H. The van der Waals surface area contributed by atoms with Gasteiger partial charge in [-0.1, -0.05) is 26.3 Å². The van der Waals surface area contributed by atoms with Gasteiger partial charge in [-0.15, -0.1) is 35.3 Å². The Morgan fingerprint density at radius 3 is 2.69 bits per heavy atom. The Balaban J connectivity index is 0.00000243. The van der Waals surface area contributed by atoms with Gasteiger partial charge in [0.05, 0.1) is 0 Å². The van der Waals surface area contributed by atoms with Crippen molar-refractivity contribution in [3.05, 3.63) is 22.4 Å². The molecule has 0 aliphatic carbocycles. The lowest BCUT2D eigenvalue weighted by atomic mass is 9.91. The van der Waals surface area contributed by atoms with Crippen LogP contribution in [-0.2, 0) is 5.41 Å². The molecule has 4 nitrogen and oxygen atoms in total. The van der Waals surface area contributed by atoms with Crippen molar-refractivity contribution in [2.75, 3.05) is 46.3 Å². The van der Waals surface area contributed by atoms with Crippen molar-refractivity contribution in [1.82, 2.24) is 15.1 Å². The van der Waals surface area contributed by atoms with Gasteiger partial charge in [-0.3, -0.25) is 4.99 Å². The van der Waals surface area contributed by atoms with Crippen LogP contribution in [0.1, 0.15) is 44.4 Å². The number of guanidine groups is 1. The van der Waals surface area contributed by atoms with Crippen molar-refractivity contribution in [3.8, 4) is 0 Å². The molecule has 1 aromatic heterocycles. The third-order valence-corrected chi connectivity index (χ3v) is 6.87. The van der Waals surface area contributed by atoms with Crippen LogP contribution in [0.3, 0.4) is 0 Å². The van der Waals surface area contributed by atoms with Crippen molar-refractivity contribution < 1.29 is 0 Å². The quantitative estimate of drug-likeness (QED) is 0.384. The van der Waals surface area contributed by atoms with E-state index in [2.05, 4.69) is 51.5 Å². The van der Waals surface area contributed by atoms with Gasteiger partial charge in [0.1, 0.15) is 0 Å². The number of rotatable bonds is 5. The number of nitrogens with zero attached hydrogens (tertiary/aromatic N) is 3. The third kappa shape index (κ3) is 5.83. The molecule has 2 aliphatic rings. The number of thiophene rings is 1. The van der Waals surface area contributed by atoms with Crippen molar-refractivity contribution in [3.63, 3.8) is 0 Å². The first kappa shape index (κ1) is 22.0. The van der Waals surface area contributed by atoms with Crippen LogP contribution in [-0.4, -0.2) is 62.1 Å². The first-order chi connectivity index (χ1) is 12.1. The van der Waals surface area contributed by atoms with E-state index in [-0.39, 0.29) is 29.4 Å². The molecule has 1 aromatic rings. The summed E-state index contributed by atoms with van der Waals surface area (Å²) in [5.74, 6) is 1.87. The number of halogens is 1. The molecule has 148 valence electrons. The van der Waals surface area contributed by atoms with E-state index in [1.165, 1.54) is 50.2 Å². The summed E-state index contributed by atoms with van der Waals surface area (Å²) in [6, 6.07) is 4.38. The average molecular weight is 490 g/mol. The average Bonchev–Trinajstić information content (AvgIpc) is 3.29. The minimum absolute atomic E-state index is 0. The highest BCUT2D eigenvalue weighted by atomic mass is 127. The summed E-state index contributed by atoms with van der Waals surface area (Å²) < 4.78 is 0. The number of hydrogen-bond acceptors (Lipinski definition) is 3. The normalized spacial score (nSPS) is 22.3. The minimum atomic E-state index is 0. The van der Waals surface area contributed by atoms with Crippen LogP contribution in [0.4, 0.5) is 0 Å². The lowest BCUT2D eigenvalue weighted by molar-refractivity contribution is 0.198. The molecule has 2 saturated heterocycles. The summed E-state index contributed by atoms with van der Waals surface area (Å²) >= 11 is 1.84. The van der Waals surface area contributed by atoms with Crippen molar-refractivity contribution in [1.29, 1.82) is 0 Å². The molecule has 0 radical (unpaired) electrons. The van der Waals surface area contributed by atoms with Gasteiger partial charge in [-0.2, -0.15) is 0 Å². The maximum Gasteiger partial charge on any atom is 0.193 e. The Labute approximate surface area is 180 Å². The van der Waals surface area contributed by atoms with Gasteiger partial charge < -0.3 is 15.1 Å². The highest BCUT2D eigenvalue weighted by molar-refractivity contribution is 14.0. The van der Waals surface area contributed by atoms with Crippen LogP contribution in [0.25, 0.3) is 0 Å². The molecular weight excluding hydrogens is 455 g/mol. The van der Waals surface area contributed by atoms with Gasteiger partial charge in [-0.25, -0.2) is 0 Å². The van der Waals surface area contributed by atoms with Crippen LogP contribution in [0.2, 0.25) is 0 Å². The van der Waals surface area contributed by atoms with Gasteiger partial charge in [-0.05, 0) is 49.7 Å². The second-order valence-electron chi connectivity index (χ2n) is 8.22. The molecule has 1 atom stereocenters. The maximum atomic E-state index is 4.56. The molecule has 3 heterocycles. The van der Waals surface area contributed by atoms with Crippen LogP contribution in [0, 0.1) is 5.92 Å². The summed E-state index contributed by atoms with van der Waals surface area (Å²) in [6.07, 6.45) is 5.49. The summed E-state index contributed by atoms with van der Waals surface area (Å²) in [5, 5.41) is 5.80. The van der Waals surface area contributed by atoms with E-state index in [9.17, 15) is 0 Å². The molecule has 0 spiro atoms. The zero-order chi connectivity index (χ0) is 17.7. The molecular formula is C20H35IN4S. The van der Waals surface area contributed by atoms with Crippen LogP contribution < -0.4 is 5.32 Å². The molecule has 3 rings (SSSR count). The van der Waals surface area contributed by atoms with Gasteiger partial charge >= 0.3 is 0 Å². The number of nitrogens with one attached hydrogen (secondary N) is 1. The van der Waals surface area contributed by atoms with Crippen molar-refractivity contribution in [2.24, 2.45) is 10.9 Å². The monoisotopic (exact) mass is 490 g/mol. The topological polar surface area (TPSA) is 30.9 Å². The maximum absolute atomic E-state index is 4.56. The Kier molecular flexibility index (Phi) is 8.67. The molecule has 1 unspecified atom stereocenters. The van der Waals surface area contributed by atoms with E-state index < -0.39 is 0 Å². The SMILES string of the molecule is CN=C(NCC(C)(C)c1cccs1)N1CCC(CN2CCCCC2)C1.I. The lowest BCUT2D eigenvalue weighted by Crippen LogP contribution is -2.45. The Morgan fingerprint density at radius 1 is 1.27 bits per heavy atom. The second kappa shape index (κ2) is 10.3. The van der Waals surface area contributed by atoms with Crippen LogP contribution in [0.5, 0.6) is 0 Å². The van der Waals surface area contributed by atoms with Crippen LogP contribution in [0.15, 0.2) is 22.5 Å². The van der Waals surface area contributed by atoms with Crippen molar-refractivity contribution >= 4 is 41.3 Å². The van der Waals surface area contributed by atoms with E-state index in [1.54, 1.807) is 0 Å². The Hall–Kier alpha value is -0.340. The molecule has 1 N–H and O–H groups in total. The van der Waals surface area contributed by atoms with E-state index in [0.29, 0.717) is 0 Å². The van der Waals surface area contributed by atoms with E-state index in [0.717, 1.165) is 31.5 Å². The molecule has 2 aliphatic heterocycles. The third-order valence-electron chi connectivity index (χ3n) is 5.64. The highest BCUT2D eigenvalue weighted by Gasteiger charge is 2.28. The largest absolute Gasteiger partial charge is 0.355 e. The number of aliphatic imine (C=N–C) groups is 1. The summed E-state index contributed by atoms with van der Waals surface area (Å²) in [6.45, 7) is 11.7. The fraction of sp³-hybridized carbons (Fsp3) is 0.750. The Bertz CT molecular complexity index is 552. The van der Waals surface area contributed by atoms with Crippen LogP contribution >= 0.6 is 35.3 Å².